The van der Waals surface area contributed by atoms with Crippen molar-refractivity contribution in [3.05, 3.63) is 47.1 Å². The fraction of sp³-hybridized carbons (Fsp3) is 0.556. The van der Waals surface area contributed by atoms with Crippen molar-refractivity contribution in [3.8, 4) is 0 Å². The van der Waals surface area contributed by atoms with Gasteiger partial charge in [-0.3, -0.25) is 0 Å². The number of hydrogen-bond acceptors (Lipinski definition) is 2. The second kappa shape index (κ2) is 6.41. The highest BCUT2D eigenvalue weighted by Crippen LogP contribution is 2.41. The van der Waals surface area contributed by atoms with E-state index in [-0.39, 0.29) is 5.41 Å². The number of halogens is 1. The Balaban J connectivity index is 1.72. The Kier molecular flexibility index (Phi) is 4.56. The van der Waals surface area contributed by atoms with Crippen molar-refractivity contribution in [3.63, 3.8) is 0 Å². The summed E-state index contributed by atoms with van der Waals surface area (Å²) in [6.07, 6.45) is 11.9. The van der Waals surface area contributed by atoms with Gasteiger partial charge in [-0.15, -0.1) is 0 Å². The number of nitrogens with two attached hydrogens (primary N) is 1. The standard InChI is InChI=1S/C18H25ClN2/c19-16-6-4-5-15(13-16)18(14-20)9-7-17(8-10-18)21-11-2-1-3-12-21/h2,4-6,11,13,17H,1,3,7-10,12,14,20H2. The lowest BCUT2D eigenvalue weighted by Gasteiger charge is -2.44. The summed E-state index contributed by atoms with van der Waals surface area (Å²) in [6.45, 7) is 1.93. The van der Waals surface area contributed by atoms with Crippen molar-refractivity contribution < 1.29 is 0 Å². The molecule has 1 heterocycles. The van der Waals surface area contributed by atoms with E-state index in [0.29, 0.717) is 6.04 Å². The minimum atomic E-state index is 0.126. The molecule has 1 saturated carbocycles. The minimum absolute atomic E-state index is 0.126. The second-order valence-electron chi connectivity index (χ2n) is 6.49. The molecule has 0 bridgehead atoms. The van der Waals surface area contributed by atoms with Gasteiger partial charge >= 0.3 is 0 Å². The molecule has 0 atom stereocenters. The van der Waals surface area contributed by atoms with E-state index in [2.05, 4.69) is 35.4 Å². The topological polar surface area (TPSA) is 29.3 Å². The van der Waals surface area contributed by atoms with E-state index in [1.165, 1.54) is 50.6 Å². The quantitative estimate of drug-likeness (QED) is 0.911. The van der Waals surface area contributed by atoms with Gasteiger partial charge in [-0.2, -0.15) is 0 Å². The number of nitrogens with zero attached hydrogens (tertiary/aromatic N) is 1. The Morgan fingerprint density at radius 1 is 1.29 bits per heavy atom. The Labute approximate surface area is 133 Å². The van der Waals surface area contributed by atoms with Crippen LogP contribution in [0.25, 0.3) is 0 Å². The predicted molar refractivity (Wildman–Crippen MR) is 89.5 cm³/mol. The second-order valence-corrected chi connectivity index (χ2v) is 6.93. The lowest BCUT2D eigenvalue weighted by molar-refractivity contribution is 0.162. The first-order valence-corrected chi connectivity index (χ1v) is 8.50. The first-order chi connectivity index (χ1) is 10.2. The fourth-order valence-corrected chi connectivity index (χ4v) is 4.09. The molecule has 2 aliphatic rings. The molecule has 0 aromatic heterocycles. The molecular weight excluding hydrogens is 280 g/mol. The Bertz CT molecular complexity index is 504. The van der Waals surface area contributed by atoms with Gasteiger partial charge in [0.05, 0.1) is 0 Å². The summed E-state index contributed by atoms with van der Waals surface area (Å²) >= 11 is 6.18. The molecule has 0 unspecified atom stereocenters. The summed E-state index contributed by atoms with van der Waals surface area (Å²) in [5.74, 6) is 0. The van der Waals surface area contributed by atoms with Gasteiger partial charge in [0.25, 0.3) is 0 Å². The molecule has 0 spiro atoms. The van der Waals surface area contributed by atoms with Crippen LogP contribution in [-0.2, 0) is 5.41 Å². The van der Waals surface area contributed by atoms with Gasteiger partial charge in [0, 0.05) is 29.6 Å². The maximum absolute atomic E-state index is 6.18. The van der Waals surface area contributed by atoms with E-state index in [1.54, 1.807) is 0 Å². The van der Waals surface area contributed by atoms with Crippen molar-refractivity contribution in [2.75, 3.05) is 13.1 Å². The van der Waals surface area contributed by atoms with E-state index >= 15 is 0 Å². The Hall–Kier alpha value is -0.990. The zero-order valence-electron chi connectivity index (χ0n) is 12.6. The van der Waals surface area contributed by atoms with E-state index < -0.39 is 0 Å². The molecular formula is C18H25ClN2. The third-order valence-electron chi connectivity index (χ3n) is 5.29. The first-order valence-electron chi connectivity index (χ1n) is 8.12. The van der Waals surface area contributed by atoms with Crippen LogP contribution in [0.1, 0.15) is 44.1 Å². The van der Waals surface area contributed by atoms with E-state index in [4.69, 9.17) is 17.3 Å². The summed E-state index contributed by atoms with van der Waals surface area (Å²) in [4.78, 5) is 2.54. The van der Waals surface area contributed by atoms with Crippen LogP contribution in [-0.4, -0.2) is 24.0 Å². The van der Waals surface area contributed by atoms with Crippen molar-refractivity contribution >= 4 is 11.6 Å². The van der Waals surface area contributed by atoms with Crippen molar-refractivity contribution in [1.29, 1.82) is 0 Å². The van der Waals surface area contributed by atoms with Crippen LogP contribution in [0.3, 0.4) is 0 Å². The number of hydrogen-bond donors (Lipinski definition) is 1. The van der Waals surface area contributed by atoms with Gasteiger partial charge in [-0.25, -0.2) is 0 Å². The third kappa shape index (κ3) is 3.12. The van der Waals surface area contributed by atoms with Crippen LogP contribution in [0.2, 0.25) is 5.02 Å². The van der Waals surface area contributed by atoms with Crippen LogP contribution in [0, 0.1) is 0 Å². The lowest BCUT2D eigenvalue weighted by Crippen LogP contribution is -2.44. The zero-order chi connectivity index (χ0) is 14.7. The van der Waals surface area contributed by atoms with Crippen LogP contribution in [0.4, 0.5) is 0 Å². The molecule has 3 heteroatoms. The van der Waals surface area contributed by atoms with E-state index in [1.807, 2.05) is 6.07 Å². The minimum Gasteiger partial charge on any atom is -0.375 e. The van der Waals surface area contributed by atoms with Gasteiger partial charge in [-0.05, 0) is 62.4 Å². The number of allylic oxidation sites excluding steroid dienone is 1. The predicted octanol–water partition coefficient (Wildman–Crippen LogP) is 4.09. The van der Waals surface area contributed by atoms with Crippen LogP contribution < -0.4 is 5.73 Å². The molecule has 0 saturated heterocycles. The molecule has 114 valence electrons. The summed E-state index contributed by atoms with van der Waals surface area (Å²) < 4.78 is 0. The molecule has 1 aromatic carbocycles. The highest BCUT2D eigenvalue weighted by atomic mass is 35.5. The van der Waals surface area contributed by atoms with Crippen molar-refractivity contribution in [1.82, 2.24) is 4.90 Å². The van der Waals surface area contributed by atoms with Gasteiger partial charge in [0.15, 0.2) is 0 Å². The Morgan fingerprint density at radius 2 is 2.10 bits per heavy atom. The van der Waals surface area contributed by atoms with Gasteiger partial charge in [-0.1, -0.05) is 29.8 Å². The summed E-state index contributed by atoms with van der Waals surface area (Å²) in [5.41, 5.74) is 7.62. The molecule has 1 fully saturated rings. The SMILES string of the molecule is NCC1(c2cccc(Cl)c2)CCC(N2C=CCCC2)CC1. The van der Waals surface area contributed by atoms with Crippen LogP contribution in [0.5, 0.6) is 0 Å². The van der Waals surface area contributed by atoms with Crippen LogP contribution in [0.15, 0.2) is 36.5 Å². The van der Waals surface area contributed by atoms with Crippen molar-refractivity contribution in [2.24, 2.45) is 5.73 Å². The molecule has 2 N–H and O–H groups in total. The van der Waals surface area contributed by atoms with E-state index in [0.717, 1.165) is 11.6 Å². The highest BCUT2D eigenvalue weighted by molar-refractivity contribution is 6.30. The van der Waals surface area contributed by atoms with E-state index in [9.17, 15) is 0 Å². The third-order valence-corrected chi connectivity index (χ3v) is 5.53. The summed E-state index contributed by atoms with van der Waals surface area (Å²) in [5, 5.41) is 0.821. The zero-order valence-corrected chi connectivity index (χ0v) is 13.4. The average Bonchev–Trinajstić information content (AvgIpc) is 2.56. The molecule has 0 radical (unpaired) electrons. The fourth-order valence-electron chi connectivity index (χ4n) is 3.90. The average molecular weight is 305 g/mol. The molecule has 3 rings (SSSR count). The highest BCUT2D eigenvalue weighted by Gasteiger charge is 2.37. The first kappa shape index (κ1) is 14.9. The van der Waals surface area contributed by atoms with Gasteiger partial charge in [0.2, 0.25) is 0 Å². The maximum Gasteiger partial charge on any atom is 0.0408 e. The van der Waals surface area contributed by atoms with Gasteiger partial charge in [0.1, 0.15) is 0 Å². The molecule has 1 aromatic rings. The Morgan fingerprint density at radius 3 is 2.71 bits per heavy atom. The molecule has 0 amide bonds. The summed E-state index contributed by atoms with van der Waals surface area (Å²) in [7, 11) is 0. The monoisotopic (exact) mass is 304 g/mol. The maximum atomic E-state index is 6.18. The largest absolute Gasteiger partial charge is 0.375 e. The molecule has 21 heavy (non-hydrogen) atoms. The number of rotatable bonds is 3. The normalized spacial score (nSPS) is 29.6. The van der Waals surface area contributed by atoms with Gasteiger partial charge < -0.3 is 10.6 Å². The molecule has 2 nitrogen and oxygen atoms in total. The molecule has 1 aliphatic carbocycles. The summed E-state index contributed by atoms with van der Waals surface area (Å²) in [6, 6.07) is 8.99. The lowest BCUT2D eigenvalue weighted by atomic mass is 9.68. The smallest absolute Gasteiger partial charge is 0.0408 e. The van der Waals surface area contributed by atoms with Crippen molar-refractivity contribution in [2.45, 2.75) is 50.0 Å². The number of benzene rings is 1. The van der Waals surface area contributed by atoms with Crippen LogP contribution >= 0.6 is 11.6 Å². The molecule has 1 aliphatic heterocycles.